The summed E-state index contributed by atoms with van der Waals surface area (Å²) in [4.78, 5) is 0. The van der Waals surface area contributed by atoms with Crippen molar-refractivity contribution in [1.82, 2.24) is 0 Å². The summed E-state index contributed by atoms with van der Waals surface area (Å²) in [6.45, 7) is 0. The maximum absolute atomic E-state index is 5.22. The van der Waals surface area contributed by atoms with E-state index in [4.69, 9.17) is 9.47 Å². The van der Waals surface area contributed by atoms with Crippen LogP contribution in [0.3, 0.4) is 0 Å². The van der Waals surface area contributed by atoms with Gasteiger partial charge in [-0.2, -0.15) is 0 Å². The fourth-order valence-corrected chi connectivity index (χ4v) is 2.11. The lowest BCUT2D eigenvalue weighted by atomic mass is 10.0. The molecule has 0 atom stereocenters. The van der Waals surface area contributed by atoms with Crippen molar-refractivity contribution in [2.45, 2.75) is 6.29 Å². The SMILES string of the molecule is COC(OC)c1ccc(-c2ccc(Br)cc2)cc1. The first-order valence-corrected chi connectivity index (χ1v) is 6.45. The van der Waals surface area contributed by atoms with Gasteiger partial charge < -0.3 is 9.47 Å². The van der Waals surface area contributed by atoms with Crippen molar-refractivity contribution >= 4 is 15.9 Å². The second-order valence-corrected chi connectivity index (χ2v) is 4.85. The third kappa shape index (κ3) is 2.99. The van der Waals surface area contributed by atoms with Gasteiger partial charge in [-0.3, -0.25) is 0 Å². The van der Waals surface area contributed by atoms with Crippen LogP contribution in [0, 0.1) is 0 Å². The van der Waals surface area contributed by atoms with Gasteiger partial charge in [0.25, 0.3) is 0 Å². The van der Waals surface area contributed by atoms with Gasteiger partial charge in [0.15, 0.2) is 6.29 Å². The zero-order chi connectivity index (χ0) is 13.0. The lowest BCUT2D eigenvalue weighted by molar-refractivity contribution is -0.106. The van der Waals surface area contributed by atoms with E-state index in [0.29, 0.717) is 0 Å². The van der Waals surface area contributed by atoms with E-state index in [0.717, 1.165) is 10.0 Å². The highest BCUT2D eigenvalue weighted by atomic mass is 79.9. The summed E-state index contributed by atoms with van der Waals surface area (Å²) >= 11 is 3.43. The van der Waals surface area contributed by atoms with Crippen molar-refractivity contribution in [2.75, 3.05) is 14.2 Å². The average molecular weight is 307 g/mol. The van der Waals surface area contributed by atoms with Crippen molar-refractivity contribution in [1.29, 1.82) is 0 Å². The normalized spacial score (nSPS) is 10.9. The largest absolute Gasteiger partial charge is 0.352 e. The highest BCUT2D eigenvalue weighted by Crippen LogP contribution is 2.24. The van der Waals surface area contributed by atoms with Gasteiger partial charge in [-0.05, 0) is 23.3 Å². The van der Waals surface area contributed by atoms with Crippen LogP contribution in [-0.2, 0) is 9.47 Å². The van der Waals surface area contributed by atoms with Gasteiger partial charge in [-0.25, -0.2) is 0 Å². The molecule has 0 fully saturated rings. The molecule has 0 saturated heterocycles. The predicted octanol–water partition coefficient (Wildman–Crippen LogP) is 4.41. The van der Waals surface area contributed by atoms with Gasteiger partial charge >= 0.3 is 0 Å². The number of benzene rings is 2. The van der Waals surface area contributed by atoms with Gasteiger partial charge in [-0.1, -0.05) is 52.3 Å². The summed E-state index contributed by atoms with van der Waals surface area (Å²) in [5, 5.41) is 0. The van der Waals surface area contributed by atoms with E-state index in [-0.39, 0.29) is 6.29 Å². The third-order valence-electron chi connectivity index (χ3n) is 2.79. The molecule has 0 amide bonds. The van der Waals surface area contributed by atoms with Crippen molar-refractivity contribution in [3.63, 3.8) is 0 Å². The molecule has 2 aromatic rings. The van der Waals surface area contributed by atoms with Gasteiger partial charge in [0.2, 0.25) is 0 Å². The smallest absolute Gasteiger partial charge is 0.183 e. The monoisotopic (exact) mass is 306 g/mol. The van der Waals surface area contributed by atoms with Crippen LogP contribution in [0.2, 0.25) is 0 Å². The first-order valence-electron chi connectivity index (χ1n) is 5.66. The molecule has 0 aliphatic carbocycles. The van der Waals surface area contributed by atoms with Crippen LogP contribution in [0.1, 0.15) is 11.9 Å². The number of ether oxygens (including phenoxy) is 2. The Hall–Kier alpha value is -1.16. The van der Waals surface area contributed by atoms with Crippen molar-refractivity contribution < 1.29 is 9.47 Å². The highest BCUT2D eigenvalue weighted by molar-refractivity contribution is 9.10. The molecule has 3 heteroatoms. The fourth-order valence-electron chi connectivity index (χ4n) is 1.84. The molecule has 0 aliphatic heterocycles. The second-order valence-electron chi connectivity index (χ2n) is 3.93. The minimum absolute atomic E-state index is 0.302. The first kappa shape index (κ1) is 13.3. The lowest BCUT2D eigenvalue weighted by Gasteiger charge is -2.14. The standard InChI is InChI=1S/C15H15BrO2/c1-17-15(18-2)13-5-3-11(4-6-13)12-7-9-14(16)10-8-12/h3-10,15H,1-2H3. The number of hydrogen-bond donors (Lipinski definition) is 0. The van der Waals surface area contributed by atoms with E-state index in [2.05, 4.69) is 40.2 Å². The number of hydrogen-bond acceptors (Lipinski definition) is 2. The summed E-state index contributed by atoms with van der Waals surface area (Å²) in [5.74, 6) is 0. The Labute approximate surface area is 116 Å². The van der Waals surface area contributed by atoms with E-state index in [1.54, 1.807) is 14.2 Å². The zero-order valence-electron chi connectivity index (χ0n) is 10.4. The Bertz CT molecular complexity index is 487. The van der Waals surface area contributed by atoms with Crippen LogP contribution in [0.15, 0.2) is 53.0 Å². The topological polar surface area (TPSA) is 18.5 Å². The Kier molecular flexibility index (Phi) is 4.53. The molecule has 2 nitrogen and oxygen atoms in total. The van der Waals surface area contributed by atoms with Crippen LogP contribution in [0.25, 0.3) is 11.1 Å². The molecule has 0 aliphatic rings. The van der Waals surface area contributed by atoms with E-state index in [1.165, 1.54) is 11.1 Å². The average Bonchev–Trinajstić information content (AvgIpc) is 2.42. The molecular weight excluding hydrogens is 292 g/mol. The molecule has 0 spiro atoms. The minimum atomic E-state index is -0.302. The van der Waals surface area contributed by atoms with Crippen molar-refractivity contribution in [3.8, 4) is 11.1 Å². The maximum Gasteiger partial charge on any atom is 0.183 e. The van der Waals surface area contributed by atoms with E-state index < -0.39 is 0 Å². The van der Waals surface area contributed by atoms with Crippen LogP contribution >= 0.6 is 15.9 Å². The van der Waals surface area contributed by atoms with Crippen molar-refractivity contribution in [2.24, 2.45) is 0 Å². The summed E-state index contributed by atoms with van der Waals surface area (Å²) in [6.07, 6.45) is -0.302. The molecule has 0 saturated carbocycles. The van der Waals surface area contributed by atoms with Crippen LogP contribution in [0.5, 0.6) is 0 Å². The van der Waals surface area contributed by atoms with Gasteiger partial charge in [-0.15, -0.1) is 0 Å². The summed E-state index contributed by atoms with van der Waals surface area (Å²) in [7, 11) is 3.27. The molecule has 2 aromatic carbocycles. The molecular formula is C15H15BrO2. The molecule has 0 aromatic heterocycles. The molecule has 0 radical (unpaired) electrons. The quantitative estimate of drug-likeness (QED) is 0.779. The summed E-state index contributed by atoms with van der Waals surface area (Å²) < 4.78 is 11.5. The Balaban J connectivity index is 2.24. The van der Waals surface area contributed by atoms with Gasteiger partial charge in [0.1, 0.15) is 0 Å². The van der Waals surface area contributed by atoms with Crippen LogP contribution in [0.4, 0.5) is 0 Å². The minimum Gasteiger partial charge on any atom is -0.352 e. The fraction of sp³-hybridized carbons (Fsp3) is 0.200. The van der Waals surface area contributed by atoms with Gasteiger partial charge in [0, 0.05) is 24.3 Å². The third-order valence-corrected chi connectivity index (χ3v) is 3.32. The summed E-state index contributed by atoms with van der Waals surface area (Å²) in [5.41, 5.74) is 3.38. The van der Waals surface area contributed by atoms with E-state index in [1.807, 2.05) is 24.3 Å². The molecule has 0 heterocycles. The van der Waals surface area contributed by atoms with Crippen LogP contribution in [-0.4, -0.2) is 14.2 Å². The Morgan fingerprint density at radius 2 is 1.22 bits per heavy atom. The second kappa shape index (κ2) is 6.14. The molecule has 0 N–H and O–H groups in total. The first-order chi connectivity index (χ1) is 8.74. The number of halogens is 1. The van der Waals surface area contributed by atoms with Crippen molar-refractivity contribution in [3.05, 3.63) is 58.6 Å². The van der Waals surface area contributed by atoms with E-state index >= 15 is 0 Å². The molecule has 2 rings (SSSR count). The molecule has 0 unspecified atom stereocenters. The predicted molar refractivity (Wildman–Crippen MR) is 76.3 cm³/mol. The number of methoxy groups -OCH3 is 2. The molecule has 94 valence electrons. The zero-order valence-corrected chi connectivity index (χ0v) is 12.0. The molecule has 0 bridgehead atoms. The Morgan fingerprint density at radius 3 is 1.67 bits per heavy atom. The lowest BCUT2D eigenvalue weighted by Crippen LogP contribution is -2.03. The van der Waals surface area contributed by atoms with E-state index in [9.17, 15) is 0 Å². The maximum atomic E-state index is 5.22. The van der Waals surface area contributed by atoms with Crippen LogP contribution < -0.4 is 0 Å². The van der Waals surface area contributed by atoms with Gasteiger partial charge in [0.05, 0.1) is 0 Å². The Morgan fingerprint density at radius 1 is 0.778 bits per heavy atom. The summed E-state index contributed by atoms with van der Waals surface area (Å²) in [6, 6.07) is 16.4. The highest BCUT2D eigenvalue weighted by Gasteiger charge is 2.08. The number of rotatable bonds is 4. The molecule has 18 heavy (non-hydrogen) atoms.